The minimum Gasteiger partial charge on any atom is -0.379 e. The van der Waals surface area contributed by atoms with E-state index in [0.717, 1.165) is 38.2 Å². The Bertz CT molecular complexity index is 471. The minimum atomic E-state index is 0.760. The number of hydrogen-bond donors (Lipinski definition) is 1. The summed E-state index contributed by atoms with van der Waals surface area (Å²) in [6.45, 7) is 3.32. The molecule has 0 amide bonds. The standard InChI is InChI=1S/C17H27N3OS/c1-18-17(20(2)10-11-21-13-15-4-5-15)19-12-14-6-8-16(22-3)9-7-14/h6-9,15H,4-5,10-13H2,1-3H3,(H,18,19). The van der Waals surface area contributed by atoms with Crippen molar-refractivity contribution in [2.45, 2.75) is 24.3 Å². The molecule has 122 valence electrons. The lowest BCUT2D eigenvalue weighted by Gasteiger charge is -2.22. The van der Waals surface area contributed by atoms with Gasteiger partial charge in [0.2, 0.25) is 0 Å². The van der Waals surface area contributed by atoms with E-state index in [1.54, 1.807) is 11.8 Å². The van der Waals surface area contributed by atoms with Crippen molar-refractivity contribution in [2.75, 3.05) is 40.1 Å². The molecule has 0 unspecified atom stereocenters. The van der Waals surface area contributed by atoms with Gasteiger partial charge in [0.15, 0.2) is 5.96 Å². The van der Waals surface area contributed by atoms with E-state index in [0.29, 0.717) is 0 Å². The third kappa shape index (κ3) is 5.89. The highest BCUT2D eigenvalue weighted by Crippen LogP contribution is 2.28. The van der Waals surface area contributed by atoms with E-state index in [1.807, 2.05) is 14.1 Å². The largest absolute Gasteiger partial charge is 0.379 e. The zero-order valence-corrected chi connectivity index (χ0v) is 14.7. The van der Waals surface area contributed by atoms with Gasteiger partial charge in [0.05, 0.1) is 6.61 Å². The molecule has 1 aromatic carbocycles. The van der Waals surface area contributed by atoms with E-state index >= 15 is 0 Å². The molecule has 4 nitrogen and oxygen atoms in total. The molecule has 1 aromatic rings. The second-order valence-electron chi connectivity index (χ2n) is 5.69. The summed E-state index contributed by atoms with van der Waals surface area (Å²) in [5.41, 5.74) is 1.26. The number of guanidine groups is 1. The smallest absolute Gasteiger partial charge is 0.193 e. The van der Waals surface area contributed by atoms with Crippen LogP contribution in [0.25, 0.3) is 0 Å². The van der Waals surface area contributed by atoms with Crippen molar-refractivity contribution in [3.05, 3.63) is 29.8 Å². The predicted octanol–water partition coefficient (Wildman–Crippen LogP) is 2.84. The molecule has 5 heteroatoms. The van der Waals surface area contributed by atoms with Crippen LogP contribution in [0.2, 0.25) is 0 Å². The molecule has 0 radical (unpaired) electrons. The normalized spacial score (nSPS) is 15.0. The van der Waals surface area contributed by atoms with Gasteiger partial charge in [-0.1, -0.05) is 12.1 Å². The second-order valence-corrected chi connectivity index (χ2v) is 6.57. The molecule has 1 saturated carbocycles. The topological polar surface area (TPSA) is 36.9 Å². The summed E-state index contributed by atoms with van der Waals surface area (Å²) in [6, 6.07) is 8.62. The maximum atomic E-state index is 5.68. The average Bonchev–Trinajstić information content (AvgIpc) is 3.37. The maximum Gasteiger partial charge on any atom is 0.193 e. The molecule has 22 heavy (non-hydrogen) atoms. The molecule has 0 aromatic heterocycles. The fourth-order valence-corrected chi connectivity index (χ4v) is 2.56. The van der Waals surface area contributed by atoms with Gasteiger partial charge in [-0.05, 0) is 42.7 Å². The van der Waals surface area contributed by atoms with E-state index < -0.39 is 0 Å². The highest BCUT2D eigenvalue weighted by molar-refractivity contribution is 7.98. The van der Waals surface area contributed by atoms with Crippen molar-refractivity contribution in [3.63, 3.8) is 0 Å². The Morgan fingerprint density at radius 3 is 2.68 bits per heavy atom. The molecule has 0 bridgehead atoms. The SMILES string of the molecule is CN=C(NCc1ccc(SC)cc1)N(C)CCOCC1CC1. The highest BCUT2D eigenvalue weighted by Gasteiger charge is 2.21. The van der Waals surface area contributed by atoms with Crippen molar-refractivity contribution >= 4 is 17.7 Å². The van der Waals surface area contributed by atoms with Gasteiger partial charge in [-0.3, -0.25) is 4.99 Å². The van der Waals surface area contributed by atoms with Crippen LogP contribution in [0.5, 0.6) is 0 Å². The number of nitrogens with zero attached hydrogens (tertiary/aromatic N) is 2. The number of aliphatic imine (C=N–C) groups is 1. The summed E-state index contributed by atoms with van der Waals surface area (Å²) in [4.78, 5) is 7.74. The molecule has 0 heterocycles. The van der Waals surface area contributed by atoms with Crippen LogP contribution in [0, 0.1) is 5.92 Å². The van der Waals surface area contributed by atoms with Gasteiger partial charge in [-0.2, -0.15) is 0 Å². The quantitative estimate of drug-likeness (QED) is 0.346. The zero-order valence-electron chi connectivity index (χ0n) is 13.8. The number of likely N-dealkylation sites (N-methyl/N-ethyl adjacent to an activating group) is 1. The van der Waals surface area contributed by atoms with E-state index in [4.69, 9.17) is 4.74 Å². The summed E-state index contributed by atoms with van der Waals surface area (Å²) in [5.74, 6) is 1.73. The third-order valence-electron chi connectivity index (χ3n) is 3.80. The lowest BCUT2D eigenvalue weighted by atomic mass is 10.2. The lowest BCUT2D eigenvalue weighted by molar-refractivity contribution is 0.115. The van der Waals surface area contributed by atoms with Crippen LogP contribution in [0.15, 0.2) is 34.2 Å². The van der Waals surface area contributed by atoms with Crippen LogP contribution >= 0.6 is 11.8 Å². The molecule has 1 N–H and O–H groups in total. The molecule has 1 aliphatic rings. The van der Waals surface area contributed by atoms with E-state index in [-0.39, 0.29) is 0 Å². The van der Waals surface area contributed by atoms with Crippen LogP contribution in [0.1, 0.15) is 18.4 Å². The summed E-state index contributed by atoms with van der Waals surface area (Å²) in [6.07, 6.45) is 4.78. The first-order valence-corrected chi connectivity index (χ1v) is 9.08. The van der Waals surface area contributed by atoms with Gasteiger partial charge in [0.1, 0.15) is 0 Å². The van der Waals surface area contributed by atoms with Crippen molar-refractivity contribution < 1.29 is 4.74 Å². The molecule has 0 aliphatic heterocycles. The molecule has 1 aliphatic carbocycles. The van der Waals surface area contributed by atoms with Crippen molar-refractivity contribution in [1.29, 1.82) is 0 Å². The molecule has 0 saturated heterocycles. The summed E-state index contributed by atoms with van der Waals surface area (Å²) in [7, 11) is 3.87. The number of rotatable bonds is 8. The van der Waals surface area contributed by atoms with Gasteiger partial charge in [-0.15, -0.1) is 11.8 Å². The Hall–Kier alpha value is -1.20. The number of nitrogens with one attached hydrogen (secondary N) is 1. The fraction of sp³-hybridized carbons (Fsp3) is 0.588. The number of benzene rings is 1. The lowest BCUT2D eigenvalue weighted by Crippen LogP contribution is -2.40. The predicted molar refractivity (Wildman–Crippen MR) is 94.6 cm³/mol. The Morgan fingerprint density at radius 2 is 2.09 bits per heavy atom. The maximum absolute atomic E-state index is 5.68. The molecule has 0 atom stereocenters. The summed E-state index contributed by atoms with van der Waals surface area (Å²) < 4.78 is 5.68. The molecular formula is C17H27N3OS. The number of ether oxygens (including phenoxy) is 1. The van der Waals surface area contributed by atoms with Crippen molar-refractivity contribution in [3.8, 4) is 0 Å². The van der Waals surface area contributed by atoms with E-state index in [1.165, 1.54) is 23.3 Å². The molecule has 2 rings (SSSR count). The van der Waals surface area contributed by atoms with Gasteiger partial charge in [0, 0.05) is 38.7 Å². The minimum absolute atomic E-state index is 0.760. The van der Waals surface area contributed by atoms with Crippen LogP contribution in [0.4, 0.5) is 0 Å². The summed E-state index contributed by atoms with van der Waals surface area (Å²) in [5, 5.41) is 3.40. The third-order valence-corrected chi connectivity index (χ3v) is 4.55. The van der Waals surface area contributed by atoms with Crippen LogP contribution in [-0.2, 0) is 11.3 Å². The van der Waals surface area contributed by atoms with Gasteiger partial charge in [-0.25, -0.2) is 0 Å². The Labute approximate surface area is 138 Å². The first-order chi connectivity index (χ1) is 10.7. The van der Waals surface area contributed by atoms with E-state index in [9.17, 15) is 0 Å². The number of thioether (sulfide) groups is 1. The fourth-order valence-electron chi connectivity index (χ4n) is 2.15. The average molecular weight is 321 g/mol. The van der Waals surface area contributed by atoms with Crippen molar-refractivity contribution in [1.82, 2.24) is 10.2 Å². The van der Waals surface area contributed by atoms with E-state index in [2.05, 4.69) is 45.7 Å². The van der Waals surface area contributed by atoms with Crippen molar-refractivity contribution in [2.24, 2.45) is 10.9 Å². The summed E-state index contributed by atoms with van der Waals surface area (Å²) >= 11 is 1.76. The van der Waals surface area contributed by atoms with Gasteiger partial charge < -0.3 is 15.0 Å². The molecule has 1 fully saturated rings. The Kier molecular flexibility index (Phi) is 7.06. The first-order valence-electron chi connectivity index (χ1n) is 7.85. The first kappa shape index (κ1) is 17.2. The second kappa shape index (κ2) is 9.06. The Morgan fingerprint density at radius 1 is 1.36 bits per heavy atom. The monoisotopic (exact) mass is 321 g/mol. The van der Waals surface area contributed by atoms with Crippen LogP contribution in [-0.4, -0.2) is 51.0 Å². The zero-order chi connectivity index (χ0) is 15.8. The highest BCUT2D eigenvalue weighted by atomic mass is 32.2. The van der Waals surface area contributed by atoms with Crippen LogP contribution < -0.4 is 5.32 Å². The van der Waals surface area contributed by atoms with Crippen LogP contribution in [0.3, 0.4) is 0 Å². The number of hydrogen-bond acceptors (Lipinski definition) is 3. The Balaban J connectivity index is 1.70. The van der Waals surface area contributed by atoms with Gasteiger partial charge in [0.25, 0.3) is 0 Å². The molecule has 0 spiro atoms. The molecular weight excluding hydrogens is 294 g/mol. The van der Waals surface area contributed by atoms with Gasteiger partial charge >= 0.3 is 0 Å².